The third-order valence-corrected chi connectivity index (χ3v) is 4.53. The van der Waals surface area contributed by atoms with E-state index in [2.05, 4.69) is 4.98 Å². The Balaban J connectivity index is 2.06. The Hall–Kier alpha value is -1.39. The maximum absolute atomic E-state index is 12.5. The summed E-state index contributed by atoms with van der Waals surface area (Å²) in [5.41, 5.74) is 0.550. The van der Waals surface area contributed by atoms with Crippen molar-refractivity contribution in [1.82, 2.24) is 4.98 Å². The average molecular weight is 373 g/mol. The monoisotopic (exact) mass is 373 g/mol. The minimum Gasteiger partial charge on any atom is -0.393 e. The fraction of sp³-hybridized carbons (Fsp3) is 0.500. The highest BCUT2D eigenvalue weighted by atomic mass is 32.1. The molecule has 0 spiro atoms. The summed E-state index contributed by atoms with van der Waals surface area (Å²) in [4.78, 5) is 4.06. The Kier molecular flexibility index (Phi) is 5.41. The van der Waals surface area contributed by atoms with Gasteiger partial charge in [0, 0.05) is 6.42 Å². The molecule has 0 radical (unpaired) electrons. The van der Waals surface area contributed by atoms with Crippen LogP contribution in [0.2, 0.25) is 0 Å². The van der Waals surface area contributed by atoms with Crippen molar-refractivity contribution in [1.29, 1.82) is 0 Å². The van der Waals surface area contributed by atoms with Crippen LogP contribution in [-0.4, -0.2) is 33.7 Å². The van der Waals surface area contributed by atoms with Gasteiger partial charge in [-0.15, -0.1) is 11.3 Å². The summed E-state index contributed by atoms with van der Waals surface area (Å²) in [6.07, 6.45) is -16.7. The smallest absolute Gasteiger partial charge is 0.393 e. The summed E-state index contributed by atoms with van der Waals surface area (Å²) < 4.78 is 75.5. The first kappa shape index (κ1) is 18.9. The molecule has 2 N–H and O–H groups in total. The van der Waals surface area contributed by atoms with Gasteiger partial charge in [-0.2, -0.15) is 26.3 Å². The van der Waals surface area contributed by atoms with E-state index >= 15 is 0 Å². The second-order valence-corrected chi connectivity index (χ2v) is 6.36. The molecule has 1 aromatic heterocycles. The lowest BCUT2D eigenvalue weighted by atomic mass is 9.97. The third-order valence-electron chi connectivity index (χ3n) is 3.39. The van der Waals surface area contributed by atoms with Crippen molar-refractivity contribution < 1.29 is 36.6 Å². The van der Waals surface area contributed by atoms with E-state index in [9.17, 15) is 36.6 Å². The van der Waals surface area contributed by atoms with Crippen LogP contribution in [-0.2, 0) is 0 Å². The number of thiazole rings is 1. The molecule has 0 aliphatic carbocycles. The van der Waals surface area contributed by atoms with Crippen LogP contribution in [0.3, 0.4) is 0 Å². The normalized spacial score (nSPS) is 15.9. The van der Waals surface area contributed by atoms with E-state index in [0.717, 1.165) is 11.3 Å². The summed E-state index contributed by atoms with van der Waals surface area (Å²) in [5, 5.41) is 19.6. The molecule has 0 bridgehead atoms. The summed E-state index contributed by atoms with van der Waals surface area (Å²) in [5.74, 6) is -3.64. The highest BCUT2D eigenvalue weighted by Crippen LogP contribution is 2.42. The molecule has 2 rings (SSSR count). The first-order valence-electron chi connectivity index (χ1n) is 6.83. The number of halogens is 6. The fourth-order valence-corrected chi connectivity index (χ4v) is 3.18. The van der Waals surface area contributed by atoms with Crippen molar-refractivity contribution >= 4 is 21.6 Å². The molecule has 0 saturated carbocycles. The number of aliphatic hydroxyl groups is 2. The highest BCUT2D eigenvalue weighted by Gasteiger charge is 2.56. The number of hydrogen-bond donors (Lipinski definition) is 2. The first-order chi connectivity index (χ1) is 11.0. The number of alkyl halides is 6. The molecule has 0 amide bonds. The molecule has 2 unspecified atom stereocenters. The molecule has 24 heavy (non-hydrogen) atoms. The van der Waals surface area contributed by atoms with Gasteiger partial charge in [0.05, 0.1) is 16.3 Å². The van der Waals surface area contributed by atoms with Crippen molar-refractivity contribution in [2.24, 2.45) is 5.92 Å². The van der Waals surface area contributed by atoms with Gasteiger partial charge in [-0.3, -0.25) is 0 Å². The lowest BCUT2D eigenvalue weighted by molar-refractivity contribution is -0.290. The van der Waals surface area contributed by atoms with Gasteiger partial charge in [0.1, 0.15) is 11.1 Å². The maximum atomic E-state index is 12.5. The molecule has 0 saturated heterocycles. The fourth-order valence-electron chi connectivity index (χ4n) is 2.21. The number of aromatic nitrogens is 1. The summed E-state index contributed by atoms with van der Waals surface area (Å²) in [6, 6.07) is 6.79. The zero-order chi connectivity index (χ0) is 18.1. The molecule has 1 heterocycles. The van der Waals surface area contributed by atoms with E-state index in [4.69, 9.17) is 0 Å². The number of benzene rings is 1. The minimum absolute atomic E-state index is 0.130. The van der Waals surface area contributed by atoms with Crippen molar-refractivity contribution in [3.8, 4) is 0 Å². The number of para-hydroxylation sites is 1. The molecular weight excluding hydrogens is 360 g/mol. The molecule has 2 atom stereocenters. The number of rotatable bonds is 5. The molecular formula is C14H13F6NO2S. The molecule has 2 aromatic rings. The summed E-state index contributed by atoms with van der Waals surface area (Å²) in [7, 11) is 0. The Morgan fingerprint density at radius 2 is 1.54 bits per heavy atom. The highest BCUT2D eigenvalue weighted by molar-refractivity contribution is 7.18. The van der Waals surface area contributed by atoms with Gasteiger partial charge in [-0.05, 0) is 18.6 Å². The molecule has 0 fully saturated rings. The Labute approximate surface area is 136 Å². The minimum atomic E-state index is -5.51. The number of fused-ring (bicyclic) bond motifs is 1. The van der Waals surface area contributed by atoms with Crippen molar-refractivity contribution in [3.05, 3.63) is 29.3 Å². The molecule has 0 aliphatic rings. The Morgan fingerprint density at radius 1 is 0.958 bits per heavy atom. The topological polar surface area (TPSA) is 53.4 Å². The van der Waals surface area contributed by atoms with Gasteiger partial charge in [-0.1, -0.05) is 12.1 Å². The Bertz CT molecular complexity index is 637. The second-order valence-electron chi connectivity index (χ2n) is 5.30. The van der Waals surface area contributed by atoms with Gasteiger partial charge in [-0.25, -0.2) is 4.98 Å². The van der Waals surface area contributed by atoms with E-state index in [1.54, 1.807) is 24.3 Å². The van der Waals surface area contributed by atoms with Gasteiger partial charge in [0.15, 0.2) is 5.92 Å². The lowest BCUT2D eigenvalue weighted by Crippen LogP contribution is -2.39. The van der Waals surface area contributed by atoms with Crippen LogP contribution < -0.4 is 0 Å². The third kappa shape index (κ3) is 4.58. The van der Waals surface area contributed by atoms with E-state index < -0.39 is 43.3 Å². The van der Waals surface area contributed by atoms with Crippen LogP contribution in [0.1, 0.15) is 24.0 Å². The van der Waals surface area contributed by atoms with E-state index in [1.165, 1.54) is 0 Å². The number of aliphatic hydroxyl groups excluding tert-OH is 2. The lowest BCUT2D eigenvalue weighted by Gasteiger charge is -2.25. The SMILES string of the molecule is OC(CC(O)c1nc2ccccc2s1)CC(C(F)(F)F)C(F)(F)F. The Morgan fingerprint density at radius 3 is 2.08 bits per heavy atom. The van der Waals surface area contributed by atoms with Crippen molar-refractivity contribution in [2.75, 3.05) is 0 Å². The van der Waals surface area contributed by atoms with E-state index in [1.807, 2.05) is 0 Å². The molecule has 134 valence electrons. The van der Waals surface area contributed by atoms with Crippen molar-refractivity contribution in [3.63, 3.8) is 0 Å². The van der Waals surface area contributed by atoms with Gasteiger partial charge in [0.25, 0.3) is 0 Å². The zero-order valence-electron chi connectivity index (χ0n) is 12.0. The molecule has 3 nitrogen and oxygen atoms in total. The quantitative estimate of drug-likeness (QED) is 0.772. The maximum Gasteiger partial charge on any atom is 0.400 e. The van der Waals surface area contributed by atoms with Crippen LogP contribution in [0.15, 0.2) is 24.3 Å². The predicted octanol–water partition coefficient (Wildman–Crippen LogP) is 4.21. The van der Waals surface area contributed by atoms with Gasteiger partial charge in [0.2, 0.25) is 0 Å². The van der Waals surface area contributed by atoms with E-state index in [0.29, 0.717) is 10.2 Å². The molecule has 0 aliphatic heterocycles. The van der Waals surface area contributed by atoms with Crippen molar-refractivity contribution in [2.45, 2.75) is 37.4 Å². The second kappa shape index (κ2) is 6.85. The first-order valence-corrected chi connectivity index (χ1v) is 7.65. The average Bonchev–Trinajstić information content (AvgIpc) is 2.86. The standard InChI is InChI=1S/C14H13F6NO2S/c15-13(16,17)11(14(18,19)20)6-7(22)5-9(23)12-21-8-3-1-2-4-10(8)24-12/h1-4,7,9,11,22-23H,5-6H2. The molecule has 10 heteroatoms. The summed E-state index contributed by atoms with van der Waals surface area (Å²) >= 11 is 1.06. The number of hydrogen-bond acceptors (Lipinski definition) is 4. The van der Waals surface area contributed by atoms with Crippen LogP contribution in [0.4, 0.5) is 26.3 Å². The van der Waals surface area contributed by atoms with Gasteiger partial charge < -0.3 is 10.2 Å². The van der Waals surface area contributed by atoms with Gasteiger partial charge >= 0.3 is 12.4 Å². The van der Waals surface area contributed by atoms with Crippen LogP contribution in [0, 0.1) is 5.92 Å². The van der Waals surface area contributed by atoms with Crippen LogP contribution in [0.5, 0.6) is 0 Å². The zero-order valence-corrected chi connectivity index (χ0v) is 12.8. The van der Waals surface area contributed by atoms with Crippen LogP contribution >= 0.6 is 11.3 Å². The summed E-state index contributed by atoms with van der Waals surface area (Å²) in [6.45, 7) is 0. The molecule has 1 aromatic carbocycles. The van der Waals surface area contributed by atoms with Crippen LogP contribution in [0.25, 0.3) is 10.2 Å². The predicted molar refractivity (Wildman–Crippen MR) is 75.4 cm³/mol. The largest absolute Gasteiger partial charge is 0.400 e. The van der Waals surface area contributed by atoms with E-state index in [-0.39, 0.29) is 5.01 Å². The number of nitrogens with zero attached hydrogens (tertiary/aromatic N) is 1.